The molecule has 0 saturated heterocycles. The number of hydrogen-bond donors (Lipinski definition) is 1. The summed E-state index contributed by atoms with van der Waals surface area (Å²) >= 11 is 0. The Labute approximate surface area is 44.6 Å². The van der Waals surface area contributed by atoms with Gasteiger partial charge in [0, 0.05) is 7.05 Å². The molecular formula is C3H4N3O2-. The van der Waals surface area contributed by atoms with E-state index < -0.39 is 11.7 Å². The van der Waals surface area contributed by atoms with Crippen LogP contribution in [0.5, 0.6) is 6.01 Å². The molecule has 1 aromatic rings. The lowest BCUT2D eigenvalue weighted by Gasteiger charge is -1.97. The van der Waals surface area contributed by atoms with Crippen molar-refractivity contribution in [3.8, 4) is 6.01 Å². The van der Waals surface area contributed by atoms with Crippen molar-refractivity contribution in [2.24, 2.45) is 7.05 Å². The van der Waals surface area contributed by atoms with Gasteiger partial charge in [-0.2, -0.15) is 5.10 Å². The van der Waals surface area contributed by atoms with Gasteiger partial charge < -0.3 is 5.11 Å². The third kappa shape index (κ3) is 0.481. The topological polar surface area (TPSA) is 73.7 Å². The number of aromatic amines is 1. The van der Waals surface area contributed by atoms with Crippen LogP contribution in [0.25, 0.3) is 0 Å². The first kappa shape index (κ1) is 4.89. The monoisotopic (exact) mass is 114 g/mol. The zero-order valence-corrected chi connectivity index (χ0v) is 4.21. The summed E-state index contributed by atoms with van der Waals surface area (Å²) in [6, 6.07) is -0.546. The van der Waals surface area contributed by atoms with Crippen molar-refractivity contribution in [2.45, 2.75) is 0 Å². The largest absolute Gasteiger partial charge is 0.844 e. The lowest BCUT2D eigenvalue weighted by atomic mass is 11.0. The van der Waals surface area contributed by atoms with Gasteiger partial charge >= 0.3 is 5.69 Å². The fourth-order valence-electron chi connectivity index (χ4n) is 0.333. The van der Waals surface area contributed by atoms with Crippen molar-refractivity contribution < 1.29 is 5.11 Å². The first-order valence-corrected chi connectivity index (χ1v) is 2.00. The number of nitrogens with one attached hydrogen (secondary N) is 1. The zero-order valence-electron chi connectivity index (χ0n) is 4.21. The van der Waals surface area contributed by atoms with Crippen LogP contribution in [-0.2, 0) is 7.05 Å². The molecule has 1 rings (SSSR count). The number of aromatic nitrogens is 3. The highest BCUT2D eigenvalue weighted by Gasteiger charge is 1.88. The zero-order chi connectivity index (χ0) is 6.15. The Morgan fingerprint density at radius 3 is 2.62 bits per heavy atom. The molecule has 0 aliphatic rings. The Morgan fingerprint density at radius 2 is 2.50 bits per heavy atom. The van der Waals surface area contributed by atoms with E-state index >= 15 is 0 Å². The molecule has 1 aromatic heterocycles. The van der Waals surface area contributed by atoms with E-state index in [1.165, 1.54) is 7.05 Å². The lowest BCUT2D eigenvalue weighted by molar-refractivity contribution is -0.285. The average Bonchev–Trinajstić information content (AvgIpc) is 1.98. The SMILES string of the molecule is Cn1c([O-])n[nH]c1=O. The van der Waals surface area contributed by atoms with Gasteiger partial charge in [-0.15, -0.1) is 0 Å². The summed E-state index contributed by atoms with van der Waals surface area (Å²) in [6.45, 7) is 0. The van der Waals surface area contributed by atoms with Crippen molar-refractivity contribution in [2.75, 3.05) is 0 Å². The van der Waals surface area contributed by atoms with E-state index in [1.807, 2.05) is 5.10 Å². The van der Waals surface area contributed by atoms with Crippen LogP contribution in [0.15, 0.2) is 4.79 Å². The summed E-state index contributed by atoms with van der Waals surface area (Å²) in [4.78, 5) is 10.3. The molecule has 0 spiro atoms. The fraction of sp³-hybridized carbons (Fsp3) is 0.333. The Hall–Kier alpha value is -1.26. The first-order valence-electron chi connectivity index (χ1n) is 2.00. The summed E-state index contributed by atoms with van der Waals surface area (Å²) in [5.41, 5.74) is -0.477. The normalized spacial score (nSPS) is 9.62. The molecule has 1 heterocycles. The second kappa shape index (κ2) is 1.36. The summed E-state index contributed by atoms with van der Waals surface area (Å²) in [5, 5.41) is 15.3. The van der Waals surface area contributed by atoms with Crippen LogP contribution < -0.4 is 10.8 Å². The van der Waals surface area contributed by atoms with Gasteiger partial charge in [0.15, 0.2) is 0 Å². The van der Waals surface area contributed by atoms with E-state index in [1.54, 1.807) is 0 Å². The first-order chi connectivity index (χ1) is 3.72. The molecule has 8 heavy (non-hydrogen) atoms. The second-order valence-electron chi connectivity index (χ2n) is 1.37. The molecule has 0 aliphatic heterocycles. The highest BCUT2D eigenvalue weighted by Crippen LogP contribution is 1.83. The molecule has 44 valence electrons. The van der Waals surface area contributed by atoms with Crippen molar-refractivity contribution in [1.29, 1.82) is 0 Å². The molecule has 0 atom stereocenters. The van der Waals surface area contributed by atoms with Gasteiger partial charge in [-0.25, -0.2) is 9.89 Å². The maximum atomic E-state index is 10.3. The van der Waals surface area contributed by atoms with Gasteiger partial charge in [0.2, 0.25) is 0 Å². The molecule has 0 fully saturated rings. The molecule has 0 aromatic carbocycles. The van der Waals surface area contributed by atoms with Gasteiger partial charge in [-0.05, 0) is 0 Å². The predicted octanol–water partition coefficient (Wildman–Crippen LogP) is -1.82. The van der Waals surface area contributed by atoms with Crippen LogP contribution in [0.4, 0.5) is 0 Å². The Kier molecular flexibility index (Phi) is 0.831. The standard InChI is InChI=1S/C3H5N3O2/c1-6-2(7)4-5-3(6)8/h1H3,(H,4,7)(H,5,8)/p-1. The minimum Gasteiger partial charge on any atom is -0.844 e. The number of H-pyrrole nitrogens is 1. The van der Waals surface area contributed by atoms with Crippen molar-refractivity contribution >= 4 is 0 Å². The van der Waals surface area contributed by atoms with E-state index in [4.69, 9.17) is 0 Å². The Bertz CT molecular complexity index is 235. The van der Waals surface area contributed by atoms with Crippen molar-refractivity contribution in [3.63, 3.8) is 0 Å². The third-order valence-electron chi connectivity index (χ3n) is 0.839. The second-order valence-corrected chi connectivity index (χ2v) is 1.37. The van der Waals surface area contributed by atoms with Crippen LogP contribution in [0.1, 0.15) is 0 Å². The maximum Gasteiger partial charge on any atom is 0.342 e. The minimum absolute atomic E-state index is 0.477. The predicted molar refractivity (Wildman–Crippen MR) is 23.3 cm³/mol. The van der Waals surface area contributed by atoms with Crippen molar-refractivity contribution in [3.05, 3.63) is 10.5 Å². The van der Waals surface area contributed by atoms with Gasteiger partial charge in [-0.3, -0.25) is 4.57 Å². The van der Waals surface area contributed by atoms with Crippen LogP contribution in [0.2, 0.25) is 0 Å². The van der Waals surface area contributed by atoms with E-state index in [0.717, 1.165) is 4.57 Å². The summed E-state index contributed by atoms with van der Waals surface area (Å²) in [7, 11) is 1.36. The van der Waals surface area contributed by atoms with E-state index in [9.17, 15) is 9.90 Å². The minimum atomic E-state index is -0.546. The average molecular weight is 114 g/mol. The Morgan fingerprint density at radius 1 is 1.88 bits per heavy atom. The molecule has 0 amide bonds. The lowest BCUT2D eigenvalue weighted by Crippen LogP contribution is -2.14. The van der Waals surface area contributed by atoms with E-state index in [2.05, 4.69) is 5.10 Å². The smallest absolute Gasteiger partial charge is 0.342 e. The van der Waals surface area contributed by atoms with Crippen molar-refractivity contribution in [1.82, 2.24) is 14.8 Å². The quantitative estimate of drug-likeness (QED) is 0.431. The van der Waals surface area contributed by atoms with Gasteiger partial charge in [0.25, 0.3) is 0 Å². The molecule has 0 unspecified atom stereocenters. The van der Waals surface area contributed by atoms with E-state index in [0.29, 0.717) is 0 Å². The number of hydrogen-bond acceptors (Lipinski definition) is 3. The van der Waals surface area contributed by atoms with Crippen LogP contribution in [0.3, 0.4) is 0 Å². The fourth-order valence-corrected chi connectivity index (χ4v) is 0.333. The molecule has 5 heteroatoms. The summed E-state index contributed by atoms with van der Waals surface area (Å²) < 4.78 is 0.889. The number of nitrogens with zero attached hydrogens (tertiary/aromatic N) is 2. The summed E-state index contributed by atoms with van der Waals surface area (Å²) in [5.74, 6) is 0. The maximum absolute atomic E-state index is 10.3. The number of rotatable bonds is 0. The van der Waals surface area contributed by atoms with Crippen LogP contribution in [0, 0.1) is 0 Å². The van der Waals surface area contributed by atoms with E-state index in [-0.39, 0.29) is 0 Å². The third-order valence-corrected chi connectivity index (χ3v) is 0.839. The van der Waals surface area contributed by atoms with Crippen LogP contribution >= 0.6 is 0 Å². The highest BCUT2D eigenvalue weighted by molar-refractivity contribution is 4.83. The van der Waals surface area contributed by atoms with Gasteiger partial charge in [0.1, 0.15) is 0 Å². The molecule has 5 nitrogen and oxygen atoms in total. The van der Waals surface area contributed by atoms with Crippen LogP contribution in [-0.4, -0.2) is 14.8 Å². The molecule has 0 aliphatic carbocycles. The molecule has 0 radical (unpaired) electrons. The van der Waals surface area contributed by atoms with Gasteiger partial charge in [-0.1, -0.05) is 0 Å². The highest BCUT2D eigenvalue weighted by atomic mass is 16.3. The molecular weight excluding hydrogens is 110 g/mol. The summed E-state index contributed by atoms with van der Waals surface area (Å²) in [6.07, 6.45) is 0. The Balaban J connectivity index is 3.41. The van der Waals surface area contributed by atoms with Gasteiger partial charge in [0.05, 0.1) is 6.01 Å². The molecule has 1 N–H and O–H groups in total. The molecule has 0 saturated carbocycles. The molecule has 0 bridgehead atoms.